The van der Waals surface area contributed by atoms with Crippen LogP contribution in [0.1, 0.15) is 24.2 Å². The molecule has 0 spiro atoms. The molecule has 0 unspecified atom stereocenters. The summed E-state index contributed by atoms with van der Waals surface area (Å²) in [5, 5.41) is 11.4. The Kier molecular flexibility index (Phi) is 5.94. The molecule has 1 aromatic rings. The summed E-state index contributed by atoms with van der Waals surface area (Å²) in [7, 11) is 0. The molecule has 0 radical (unpaired) electrons. The number of rotatable bonds is 6. The fraction of sp³-hybridized carbons (Fsp3) is 0.385. The molecule has 1 amide bonds. The van der Waals surface area contributed by atoms with Crippen molar-refractivity contribution in [1.29, 1.82) is 0 Å². The summed E-state index contributed by atoms with van der Waals surface area (Å²) in [5.74, 6) is -4.44. The van der Waals surface area contributed by atoms with Crippen molar-refractivity contribution in [3.63, 3.8) is 0 Å². The summed E-state index contributed by atoms with van der Waals surface area (Å²) in [5.41, 5.74) is 0.232. The number of benzene rings is 1. The van der Waals surface area contributed by atoms with Crippen LogP contribution < -0.4 is 5.32 Å². The smallest absolute Gasteiger partial charge is 0.326 e. The van der Waals surface area contributed by atoms with Gasteiger partial charge in [-0.25, -0.2) is 4.79 Å². The Balaban J connectivity index is 2.74. The maximum absolute atomic E-state index is 12.1. The van der Waals surface area contributed by atoms with E-state index in [0.717, 1.165) is 0 Å². The molecule has 110 valence electrons. The topological polar surface area (TPSA) is 66.4 Å². The Hall–Kier alpha value is -1.63. The summed E-state index contributed by atoms with van der Waals surface area (Å²) in [6.45, 7) is 3.36. The third-order valence-electron chi connectivity index (χ3n) is 2.56. The first-order valence-corrected chi connectivity index (χ1v) is 6.77. The molecule has 0 fully saturated rings. The van der Waals surface area contributed by atoms with Gasteiger partial charge in [0.1, 0.15) is 6.04 Å². The minimum absolute atomic E-state index is 0.232. The van der Waals surface area contributed by atoms with Crippen LogP contribution in [0.2, 0.25) is 0 Å². The number of nitrogens with one attached hydrogen (secondary N) is 1. The van der Waals surface area contributed by atoms with E-state index in [0.29, 0.717) is 16.7 Å². The zero-order valence-corrected chi connectivity index (χ0v) is 11.8. The van der Waals surface area contributed by atoms with Gasteiger partial charge in [0, 0.05) is 10.5 Å². The maximum Gasteiger partial charge on any atom is 0.326 e. The first-order valence-electron chi connectivity index (χ1n) is 5.89. The summed E-state index contributed by atoms with van der Waals surface area (Å²) < 4.78 is 24.3. The van der Waals surface area contributed by atoms with Crippen molar-refractivity contribution >= 4 is 23.6 Å². The molecule has 0 heterocycles. The summed E-state index contributed by atoms with van der Waals surface area (Å²) in [4.78, 5) is 23.2. The standard InChI is InChI=1S/C13H15F2NO3S/c1-7(2)10(12(18)19)16-11(17)8-3-5-9(6-4-8)20-13(14)15/h3-7,10,13H,1-2H3,(H,16,17)(H,18,19)/t10-/m0/s1. The molecule has 0 saturated carbocycles. The number of halogens is 2. The van der Waals surface area contributed by atoms with E-state index in [1.807, 2.05) is 0 Å². The number of carboxylic acids is 1. The second kappa shape index (κ2) is 7.23. The fourth-order valence-corrected chi connectivity index (χ4v) is 2.02. The number of hydrogen-bond donors (Lipinski definition) is 2. The van der Waals surface area contributed by atoms with Crippen LogP contribution in [0.5, 0.6) is 0 Å². The van der Waals surface area contributed by atoms with Gasteiger partial charge < -0.3 is 10.4 Å². The van der Waals surface area contributed by atoms with Crippen LogP contribution in [0.25, 0.3) is 0 Å². The van der Waals surface area contributed by atoms with Crippen LogP contribution in [0.3, 0.4) is 0 Å². The minimum Gasteiger partial charge on any atom is -0.480 e. The molecule has 0 bridgehead atoms. The Morgan fingerprint density at radius 2 is 1.75 bits per heavy atom. The Morgan fingerprint density at radius 3 is 2.15 bits per heavy atom. The zero-order valence-electron chi connectivity index (χ0n) is 11.0. The first kappa shape index (κ1) is 16.4. The Morgan fingerprint density at radius 1 is 1.20 bits per heavy atom. The van der Waals surface area contributed by atoms with Gasteiger partial charge in [-0.15, -0.1) is 0 Å². The maximum atomic E-state index is 12.1. The predicted octanol–water partition coefficient (Wildman–Crippen LogP) is 2.84. The van der Waals surface area contributed by atoms with E-state index in [2.05, 4.69) is 5.32 Å². The highest BCUT2D eigenvalue weighted by molar-refractivity contribution is 7.99. The lowest BCUT2D eigenvalue weighted by molar-refractivity contribution is -0.140. The largest absolute Gasteiger partial charge is 0.480 e. The van der Waals surface area contributed by atoms with E-state index in [1.165, 1.54) is 24.3 Å². The zero-order chi connectivity index (χ0) is 15.3. The van der Waals surface area contributed by atoms with Crippen LogP contribution in [-0.4, -0.2) is 28.8 Å². The highest BCUT2D eigenvalue weighted by Crippen LogP contribution is 2.25. The van der Waals surface area contributed by atoms with E-state index in [-0.39, 0.29) is 11.5 Å². The molecular formula is C13H15F2NO3S. The molecule has 0 aliphatic heterocycles. The van der Waals surface area contributed by atoms with E-state index >= 15 is 0 Å². The lowest BCUT2D eigenvalue weighted by Crippen LogP contribution is -2.44. The van der Waals surface area contributed by atoms with Crippen LogP contribution in [0.4, 0.5) is 8.78 Å². The van der Waals surface area contributed by atoms with Gasteiger partial charge in [0.25, 0.3) is 11.7 Å². The number of carboxylic acid groups (broad SMARTS) is 1. The Labute approximate surface area is 119 Å². The van der Waals surface area contributed by atoms with Crippen molar-refractivity contribution < 1.29 is 23.5 Å². The summed E-state index contributed by atoms with van der Waals surface area (Å²) in [6, 6.07) is 4.59. The van der Waals surface area contributed by atoms with Gasteiger partial charge in [-0.2, -0.15) is 8.78 Å². The van der Waals surface area contributed by atoms with Crippen LogP contribution >= 0.6 is 11.8 Å². The molecular weight excluding hydrogens is 288 g/mol. The van der Waals surface area contributed by atoms with Crippen molar-refractivity contribution in [3.05, 3.63) is 29.8 Å². The Bertz CT molecular complexity index is 477. The van der Waals surface area contributed by atoms with Crippen molar-refractivity contribution in [2.24, 2.45) is 5.92 Å². The van der Waals surface area contributed by atoms with Gasteiger partial charge in [0.15, 0.2) is 0 Å². The number of carbonyl (C=O) groups is 2. The SMILES string of the molecule is CC(C)[C@H](NC(=O)c1ccc(SC(F)F)cc1)C(=O)O. The molecule has 0 aliphatic carbocycles. The van der Waals surface area contributed by atoms with Crippen LogP contribution in [-0.2, 0) is 4.79 Å². The molecule has 0 aliphatic rings. The number of alkyl halides is 2. The predicted molar refractivity (Wildman–Crippen MR) is 72.0 cm³/mol. The van der Waals surface area contributed by atoms with Crippen LogP contribution in [0.15, 0.2) is 29.2 Å². The second-order valence-corrected chi connectivity index (χ2v) is 5.50. The number of aliphatic carboxylic acids is 1. The number of thioether (sulfide) groups is 1. The number of carbonyl (C=O) groups excluding carboxylic acids is 1. The second-order valence-electron chi connectivity index (χ2n) is 4.44. The molecule has 1 rings (SSSR count). The lowest BCUT2D eigenvalue weighted by Gasteiger charge is -2.17. The molecule has 1 aromatic carbocycles. The average molecular weight is 303 g/mol. The first-order chi connectivity index (χ1) is 9.31. The van der Waals surface area contributed by atoms with Crippen molar-refractivity contribution in [3.8, 4) is 0 Å². The van der Waals surface area contributed by atoms with E-state index in [4.69, 9.17) is 5.11 Å². The fourth-order valence-electron chi connectivity index (χ4n) is 1.53. The summed E-state index contributed by atoms with van der Waals surface area (Å²) in [6.07, 6.45) is 0. The lowest BCUT2D eigenvalue weighted by atomic mass is 10.0. The third kappa shape index (κ3) is 4.80. The van der Waals surface area contributed by atoms with Crippen LogP contribution in [0, 0.1) is 5.92 Å². The van der Waals surface area contributed by atoms with Gasteiger partial charge >= 0.3 is 5.97 Å². The monoisotopic (exact) mass is 303 g/mol. The minimum atomic E-state index is -2.52. The van der Waals surface area contributed by atoms with Gasteiger partial charge in [0.2, 0.25) is 0 Å². The average Bonchev–Trinajstić information content (AvgIpc) is 2.35. The van der Waals surface area contributed by atoms with Crippen molar-refractivity contribution in [1.82, 2.24) is 5.32 Å². The van der Waals surface area contributed by atoms with Crippen molar-refractivity contribution in [2.45, 2.75) is 30.5 Å². The van der Waals surface area contributed by atoms with E-state index in [9.17, 15) is 18.4 Å². The molecule has 2 N–H and O–H groups in total. The molecule has 0 saturated heterocycles. The van der Waals surface area contributed by atoms with Gasteiger partial charge in [0.05, 0.1) is 0 Å². The quantitative estimate of drug-likeness (QED) is 0.793. The van der Waals surface area contributed by atoms with E-state index < -0.39 is 23.7 Å². The number of hydrogen-bond acceptors (Lipinski definition) is 3. The normalized spacial score (nSPS) is 12.5. The number of amides is 1. The molecule has 20 heavy (non-hydrogen) atoms. The highest BCUT2D eigenvalue weighted by Gasteiger charge is 2.23. The van der Waals surface area contributed by atoms with Gasteiger partial charge in [-0.1, -0.05) is 25.6 Å². The summed E-state index contributed by atoms with van der Waals surface area (Å²) >= 11 is 0.383. The highest BCUT2D eigenvalue weighted by atomic mass is 32.2. The van der Waals surface area contributed by atoms with Gasteiger partial charge in [-0.05, 0) is 30.2 Å². The van der Waals surface area contributed by atoms with Crippen molar-refractivity contribution in [2.75, 3.05) is 0 Å². The molecule has 4 nitrogen and oxygen atoms in total. The third-order valence-corrected chi connectivity index (χ3v) is 3.28. The van der Waals surface area contributed by atoms with Gasteiger partial charge in [-0.3, -0.25) is 4.79 Å². The van der Waals surface area contributed by atoms with E-state index in [1.54, 1.807) is 13.8 Å². The molecule has 7 heteroatoms. The molecule has 0 aromatic heterocycles. The molecule has 1 atom stereocenters.